The van der Waals surface area contributed by atoms with Gasteiger partial charge in [0.1, 0.15) is 18.0 Å². The predicted molar refractivity (Wildman–Crippen MR) is 126 cm³/mol. The van der Waals surface area contributed by atoms with Crippen molar-refractivity contribution in [1.29, 1.82) is 0 Å². The molecule has 0 radical (unpaired) electrons. The number of ether oxygens (including phenoxy) is 1. The van der Waals surface area contributed by atoms with E-state index in [2.05, 4.69) is 41.0 Å². The second-order valence-electron chi connectivity index (χ2n) is 9.77. The number of benzene rings is 2. The van der Waals surface area contributed by atoms with Crippen molar-refractivity contribution in [3.05, 3.63) is 59.7 Å². The minimum absolute atomic E-state index is 0.0211. The van der Waals surface area contributed by atoms with Crippen LogP contribution in [0.25, 0.3) is 0 Å². The minimum Gasteiger partial charge on any atom is -0.490 e. The molecule has 2 aromatic carbocycles. The number of hydrogen-bond donors (Lipinski definition) is 3. The molecular weight excluding hydrogens is 404 g/mol. The van der Waals surface area contributed by atoms with Crippen molar-refractivity contribution in [1.82, 2.24) is 4.90 Å². The van der Waals surface area contributed by atoms with Gasteiger partial charge in [-0.15, -0.1) is 0 Å². The molecule has 174 valence electrons. The zero-order valence-corrected chi connectivity index (χ0v) is 19.2. The Bertz CT molecular complexity index is 895. The molecule has 2 fully saturated rings. The van der Waals surface area contributed by atoms with Gasteiger partial charge < -0.3 is 25.0 Å². The van der Waals surface area contributed by atoms with Crippen molar-refractivity contribution in [2.45, 2.75) is 50.4 Å². The zero-order chi connectivity index (χ0) is 22.8. The van der Waals surface area contributed by atoms with Gasteiger partial charge in [0.2, 0.25) is 0 Å². The number of aryl methyl sites for hydroxylation is 2. The van der Waals surface area contributed by atoms with Crippen LogP contribution in [0, 0.1) is 13.8 Å². The Kier molecular flexibility index (Phi) is 6.77. The van der Waals surface area contributed by atoms with Crippen LogP contribution in [-0.4, -0.2) is 76.9 Å². The molecule has 4 rings (SSSR count). The Labute approximate surface area is 191 Å². The Morgan fingerprint density at radius 2 is 1.69 bits per heavy atom. The highest BCUT2D eigenvalue weighted by atomic mass is 16.5. The van der Waals surface area contributed by atoms with Gasteiger partial charge in [-0.1, -0.05) is 29.8 Å². The fraction of sp³-hybridized carbons (Fsp3) is 0.538. The van der Waals surface area contributed by atoms with Gasteiger partial charge in [0, 0.05) is 38.4 Å². The topological polar surface area (TPSA) is 76.4 Å². The highest BCUT2D eigenvalue weighted by Crippen LogP contribution is 2.30. The molecule has 0 aliphatic carbocycles. The third-order valence-electron chi connectivity index (χ3n) is 6.93. The molecule has 0 saturated carbocycles. The number of likely N-dealkylation sites (tertiary alicyclic amines) is 1. The highest BCUT2D eigenvalue weighted by molar-refractivity contribution is 5.48. The molecule has 0 spiro atoms. The summed E-state index contributed by atoms with van der Waals surface area (Å²) >= 11 is 0. The molecule has 0 aromatic heterocycles. The minimum atomic E-state index is -1.36. The fourth-order valence-corrected chi connectivity index (χ4v) is 4.84. The SMILES string of the molecule is Cc1ccc(OC[C@@]2(O)CN(CC3(O)CCN(c4cccc(C)c4)CC3)CC[C@@H]2O)cc1. The lowest BCUT2D eigenvalue weighted by atomic mass is 9.86. The van der Waals surface area contributed by atoms with E-state index in [9.17, 15) is 15.3 Å². The summed E-state index contributed by atoms with van der Waals surface area (Å²) in [6.45, 7) is 7.16. The molecule has 2 aliphatic heterocycles. The molecule has 32 heavy (non-hydrogen) atoms. The van der Waals surface area contributed by atoms with E-state index in [1.165, 1.54) is 11.3 Å². The van der Waals surface area contributed by atoms with E-state index in [4.69, 9.17) is 4.74 Å². The van der Waals surface area contributed by atoms with Gasteiger partial charge >= 0.3 is 0 Å². The van der Waals surface area contributed by atoms with E-state index < -0.39 is 17.3 Å². The third-order valence-corrected chi connectivity index (χ3v) is 6.93. The average Bonchev–Trinajstić information content (AvgIpc) is 2.76. The van der Waals surface area contributed by atoms with E-state index >= 15 is 0 Å². The number of rotatable bonds is 6. The number of hydrogen-bond acceptors (Lipinski definition) is 6. The molecule has 2 aliphatic rings. The molecular formula is C26H36N2O4. The van der Waals surface area contributed by atoms with Gasteiger partial charge in [0.05, 0.1) is 11.7 Å². The van der Waals surface area contributed by atoms with Crippen LogP contribution in [0.4, 0.5) is 5.69 Å². The van der Waals surface area contributed by atoms with Gasteiger partial charge in [-0.05, 0) is 62.9 Å². The molecule has 6 heteroatoms. The molecule has 0 amide bonds. The van der Waals surface area contributed by atoms with Crippen molar-refractivity contribution in [2.75, 3.05) is 44.2 Å². The van der Waals surface area contributed by atoms with Crippen molar-refractivity contribution in [3.63, 3.8) is 0 Å². The summed E-state index contributed by atoms with van der Waals surface area (Å²) in [5.74, 6) is 0.676. The Morgan fingerprint density at radius 1 is 0.969 bits per heavy atom. The first kappa shape index (κ1) is 23.1. The van der Waals surface area contributed by atoms with Crippen LogP contribution in [0.5, 0.6) is 5.75 Å². The van der Waals surface area contributed by atoms with Crippen molar-refractivity contribution < 1.29 is 20.1 Å². The van der Waals surface area contributed by atoms with Crippen molar-refractivity contribution in [2.24, 2.45) is 0 Å². The van der Waals surface area contributed by atoms with Crippen molar-refractivity contribution >= 4 is 5.69 Å². The van der Waals surface area contributed by atoms with E-state index in [0.717, 1.165) is 18.7 Å². The lowest BCUT2D eigenvalue weighted by molar-refractivity contribution is -0.149. The number of aliphatic hydroxyl groups excluding tert-OH is 1. The fourth-order valence-electron chi connectivity index (χ4n) is 4.84. The molecule has 6 nitrogen and oxygen atoms in total. The monoisotopic (exact) mass is 440 g/mol. The first-order valence-electron chi connectivity index (χ1n) is 11.6. The summed E-state index contributed by atoms with van der Waals surface area (Å²) in [5.41, 5.74) is 1.43. The zero-order valence-electron chi connectivity index (χ0n) is 19.2. The number of β-amino-alcohol motifs (C(OH)–C–C–N with tert-alkyl or cyclic N) is 2. The summed E-state index contributed by atoms with van der Waals surface area (Å²) in [4.78, 5) is 4.40. The van der Waals surface area contributed by atoms with E-state index in [1.54, 1.807) is 0 Å². The Hall–Kier alpha value is -2.12. The van der Waals surface area contributed by atoms with Crippen LogP contribution in [0.2, 0.25) is 0 Å². The quantitative estimate of drug-likeness (QED) is 0.641. The molecule has 2 heterocycles. The summed E-state index contributed by atoms with van der Waals surface area (Å²) in [6.07, 6.45) is 0.970. The molecule has 2 saturated heterocycles. The number of anilines is 1. The average molecular weight is 441 g/mol. The maximum absolute atomic E-state index is 11.3. The molecule has 2 atom stereocenters. The highest BCUT2D eigenvalue weighted by Gasteiger charge is 2.44. The Balaban J connectivity index is 1.33. The van der Waals surface area contributed by atoms with Gasteiger partial charge in [0.15, 0.2) is 0 Å². The largest absolute Gasteiger partial charge is 0.490 e. The van der Waals surface area contributed by atoms with Crippen molar-refractivity contribution in [3.8, 4) is 5.75 Å². The van der Waals surface area contributed by atoms with Gasteiger partial charge in [-0.25, -0.2) is 0 Å². The molecule has 2 aromatic rings. The predicted octanol–water partition coefficient (Wildman–Crippen LogP) is 2.51. The number of nitrogens with zero attached hydrogens (tertiary/aromatic N) is 2. The van der Waals surface area contributed by atoms with E-state index in [0.29, 0.717) is 38.1 Å². The van der Waals surface area contributed by atoms with E-state index in [1.807, 2.05) is 31.2 Å². The maximum Gasteiger partial charge on any atom is 0.137 e. The van der Waals surface area contributed by atoms with Crippen LogP contribution in [-0.2, 0) is 0 Å². The lowest BCUT2D eigenvalue weighted by Gasteiger charge is -2.46. The maximum atomic E-state index is 11.3. The number of piperidine rings is 2. The first-order chi connectivity index (χ1) is 15.2. The van der Waals surface area contributed by atoms with Crippen LogP contribution in [0.3, 0.4) is 0 Å². The molecule has 0 unspecified atom stereocenters. The van der Waals surface area contributed by atoms with E-state index in [-0.39, 0.29) is 13.2 Å². The second kappa shape index (κ2) is 9.40. The summed E-state index contributed by atoms with van der Waals surface area (Å²) in [6, 6.07) is 16.1. The summed E-state index contributed by atoms with van der Waals surface area (Å²) in [5, 5.41) is 32.9. The third kappa shape index (κ3) is 5.44. The smallest absolute Gasteiger partial charge is 0.137 e. The van der Waals surface area contributed by atoms with Crippen LogP contribution in [0.1, 0.15) is 30.4 Å². The van der Waals surface area contributed by atoms with Crippen LogP contribution >= 0.6 is 0 Å². The van der Waals surface area contributed by atoms with Gasteiger partial charge in [-0.3, -0.25) is 4.90 Å². The van der Waals surface area contributed by atoms with Crippen LogP contribution in [0.15, 0.2) is 48.5 Å². The lowest BCUT2D eigenvalue weighted by Crippen LogP contribution is -2.62. The number of aliphatic hydroxyl groups is 3. The second-order valence-corrected chi connectivity index (χ2v) is 9.77. The van der Waals surface area contributed by atoms with Crippen LogP contribution < -0.4 is 9.64 Å². The summed E-state index contributed by atoms with van der Waals surface area (Å²) in [7, 11) is 0. The molecule has 0 bridgehead atoms. The van der Waals surface area contributed by atoms with Gasteiger partial charge in [-0.2, -0.15) is 0 Å². The normalized spacial score (nSPS) is 26.2. The first-order valence-corrected chi connectivity index (χ1v) is 11.6. The standard InChI is InChI=1S/C26H36N2O4/c1-20-6-8-23(9-7-20)32-19-26(31)18-27(13-10-24(26)29)17-25(30)11-14-28(15-12-25)22-5-3-4-21(2)16-22/h3-9,16,24,29-31H,10-15,17-19H2,1-2H3/t24-,26-/m0/s1. The van der Waals surface area contributed by atoms with Gasteiger partial charge in [0.25, 0.3) is 0 Å². The molecule has 3 N–H and O–H groups in total. The Morgan fingerprint density at radius 3 is 2.38 bits per heavy atom. The summed E-state index contributed by atoms with van der Waals surface area (Å²) < 4.78 is 5.80.